The molecule has 0 aliphatic carbocycles. The van der Waals surface area contributed by atoms with Crippen LogP contribution in [0.15, 0.2) is 30.3 Å². The Balaban J connectivity index is 1.74. The van der Waals surface area contributed by atoms with Gasteiger partial charge >= 0.3 is 6.09 Å². The molecule has 1 unspecified atom stereocenters. The second-order valence-corrected chi connectivity index (χ2v) is 7.47. The van der Waals surface area contributed by atoms with E-state index in [4.69, 9.17) is 9.47 Å². The molecule has 5 nitrogen and oxygen atoms in total. The van der Waals surface area contributed by atoms with Crippen molar-refractivity contribution < 1.29 is 18.7 Å². The third-order valence-corrected chi connectivity index (χ3v) is 4.00. The Morgan fingerprint density at radius 3 is 2.56 bits per heavy atom. The second-order valence-electron chi connectivity index (χ2n) is 7.47. The summed E-state index contributed by atoms with van der Waals surface area (Å²) in [6.07, 6.45) is -1.39. The summed E-state index contributed by atoms with van der Waals surface area (Å²) in [5.74, 6) is 0. The molecule has 2 rings (SSSR count). The summed E-state index contributed by atoms with van der Waals surface area (Å²) in [6, 6.07) is 11.6. The fourth-order valence-electron chi connectivity index (χ4n) is 2.66. The average molecular weight is 348 g/mol. The fourth-order valence-corrected chi connectivity index (χ4v) is 2.66. The Morgan fingerprint density at radius 2 is 2.00 bits per heavy atom. The number of carbonyl (C=O) groups excluding carboxylic acids is 1. The van der Waals surface area contributed by atoms with Crippen molar-refractivity contribution in [3.8, 4) is 6.07 Å². The molecule has 0 saturated carbocycles. The van der Waals surface area contributed by atoms with Crippen LogP contribution in [0.2, 0.25) is 0 Å². The van der Waals surface area contributed by atoms with Crippen LogP contribution >= 0.6 is 0 Å². The number of likely N-dealkylation sites (tertiary alicyclic amines) is 1. The van der Waals surface area contributed by atoms with Crippen molar-refractivity contribution >= 4 is 6.09 Å². The number of nitrogens with zero attached hydrogens (tertiary/aromatic N) is 2. The first-order valence-corrected chi connectivity index (χ1v) is 8.42. The van der Waals surface area contributed by atoms with Gasteiger partial charge in [0.1, 0.15) is 5.60 Å². The number of halogens is 1. The quantitative estimate of drug-likeness (QED) is 0.778. The van der Waals surface area contributed by atoms with E-state index in [1.807, 2.05) is 30.3 Å². The number of nitriles is 1. The molecule has 0 aromatic heterocycles. The fraction of sp³-hybridized carbons (Fsp3) is 0.579. The van der Waals surface area contributed by atoms with E-state index < -0.39 is 23.5 Å². The number of carbonyl (C=O) groups is 1. The van der Waals surface area contributed by atoms with Gasteiger partial charge in [0.15, 0.2) is 6.36 Å². The van der Waals surface area contributed by atoms with Crippen LogP contribution in [0.3, 0.4) is 0 Å². The lowest BCUT2D eigenvalue weighted by Crippen LogP contribution is -2.58. The smallest absolute Gasteiger partial charge is 0.410 e. The molecule has 1 fully saturated rings. The molecular formula is C19H25FN2O3. The van der Waals surface area contributed by atoms with Gasteiger partial charge in [-0.1, -0.05) is 30.3 Å². The van der Waals surface area contributed by atoms with E-state index in [1.54, 1.807) is 20.8 Å². The zero-order chi connectivity index (χ0) is 18.5. The molecule has 1 aliphatic heterocycles. The highest BCUT2D eigenvalue weighted by atomic mass is 19.1. The summed E-state index contributed by atoms with van der Waals surface area (Å²) in [6.45, 7) is 6.11. The van der Waals surface area contributed by atoms with Crippen molar-refractivity contribution in [2.75, 3.05) is 13.1 Å². The van der Waals surface area contributed by atoms with Crippen molar-refractivity contribution in [1.82, 2.24) is 4.90 Å². The summed E-state index contributed by atoms with van der Waals surface area (Å²) >= 11 is 0. The van der Waals surface area contributed by atoms with E-state index in [0.29, 0.717) is 6.42 Å². The zero-order valence-electron chi connectivity index (χ0n) is 15.0. The molecule has 0 radical (unpaired) electrons. The SMILES string of the molecule is CC(C)(C)OC(=O)N1CC(C#N)(CCC(F)OCc2ccccc2)C1. The number of hydrogen-bond acceptors (Lipinski definition) is 4. The molecule has 1 atom stereocenters. The molecule has 25 heavy (non-hydrogen) atoms. The third kappa shape index (κ3) is 5.71. The Kier molecular flexibility index (Phi) is 6.02. The maximum Gasteiger partial charge on any atom is 0.410 e. The number of ether oxygens (including phenoxy) is 2. The maximum atomic E-state index is 14.0. The van der Waals surface area contributed by atoms with E-state index in [9.17, 15) is 14.4 Å². The van der Waals surface area contributed by atoms with Crippen LogP contribution in [0.1, 0.15) is 39.2 Å². The molecule has 0 N–H and O–H groups in total. The van der Waals surface area contributed by atoms with Crippen LogP contribution in [-0.4, -0.2) is 36.0 Å². The van der Waals surface area contributed by atoms with Crippen LogP contribution in [-0.2, 0) is 16.1 Å². The van der Waals surface area contributed by atoms with E-state index in [2.05, 4.69) is 6.07 Å². The van der Waals surface area contributed by atoms with Crippen LogP contribution in [0.4, 0.5) is 9.18 Å². The topological polar surface area (TPSA) is 62.6 Å². The molecule has 1 aromatic rings. The number of hydrogen-bond donors (Lipinski definition) is 0. The minimum atomic E-state index is -1.43. The number of benzene rings is 1. The van der Waals surface area contributed by atoms with E-state index in [0.717, 1.165) is 5.56 Å². The largest absolute Gasteiger partial charge is 0.444 e. The van der Waals surface area contributed by atoms with Gasteiger partial charge in [-0.25, -0.2) is 9.18 Å². The minimum Gasteiger partial charge on any atom is -0.444 e. The Bertz CT molecular complexity index is 616. The predicted octanol–water partition coefficient (Wildman–Crippen LogP) is 4.04. The van der Waals surface area contributed by atoms with Crippen LogP contribution in [0.25, 0.3) is 0 Å². The van der Waals surface area contributed by atoms with Crippen molar-refractivity contribution in [1.29, 1.82) is 5.26 Å². The van der Waals surface area contributed by atoms with E-state index in [-0.39, 0.29) is 26.1 Å². The van der Waals surface area contributed by atoms with Crippen molar-refractivity contribution in [2.24, 2.45) is 5.41 Å². The molecule has 1 saturated heterocycles. The standard InChI is InChI=1S/C19H25FN2O3/c1-18(2,3)25-17(23)22-13-19(12-21,14-22)10-9-16(20)24-11-15-7-5-4-6-8-15/h4-8,16H,9-11,13-14H2,1-3H3. The van der Waals surface area contributed by atoms with Gasteiger partial charge in [0, 0.05) is 19.5 Å². The highest BCUT2D eigenvalue weighted by Crippen LogP contribution is 2.36. The van der Waals surface area contributed by atoms with Crippen molar-refractivity contribution in [3.63, 3.8) is 0 Å². The van der Waals surface area contributed by atoms with Gasteiger partial charge in [-0.15, -0.1) is 0 Å². The monoisotopic (exact) mass is 348 g/mol. The van der Waals surface area contributed by atoms with Gasteiger partial charge in [0.25, 0.3) is 0 Å². The Hall–Kier alpha value is -2.13. The normalized spacial score (nSPS) is 17.3. The summed E-state index contributed by atoms with van der Waals surface area (Å²) < 4.78 is 24.4. The molecule has 1 aromatic carbocycles. The van der Waals surface area contributed by atoms with Crippen LogP contribution in [0.5, 0.6) is 0 Å². The zero-order valence-corrected chi connectivity index (χ0v) is 15.0. The maximum absolute atomic E-state index is 14.0. The minimum absolute atomic E-state index is 0.128. The molecule has 136 valence electrons. The average Bonchev–Trinajstić information content (AvgIpc) is 2.51. The number of rotatable bonds is 6. The molecule has 1 amide bonds. The summed E-state index contributed by atoms with van der Waals surface area (Å²) in [7, 11) is 0. The highest BCUT2D eigenvalue weighted by Gasteiger charge is 2.47. The highest BCUT2D eigenvalue weighted by molar-refractivity contribution is 5.69. The number of amides is 1. The summed E-state index contributed by atoms with van der Waals surface area (Å²) in [4.78, 5) is 13.4. The first kappa shape index (κ1) is 19.2. The molecular weight excluding hydrogens is 323 g/mol. The summed E-state index contributed by atoms with van der Waals surface area (Å²) in [5, 5.41) is 9.40. The predicted molar refractivity (Wildman–Crippen MR) is 91.2 cm³/mol. The third-order valence-electron chi connectivity index (χ3n) is 4.00. The molecule has 6 heteroatoms. The molecule has 1 aliphatic rings. The second kappa shape index (κ2) is 7.83. The van der Waals surface area contributed by atoms with E-state index in [1.165, 1.54) is 4.90 Å². The van der Waals surface area contributed by atoms with Crippen LogP contribution in [0, 0.1) is 16.7 Å². The molecule has 0 spiro atoms. The van der Waals surface area contributed by atoms with Gasteiger partial charge in [-0.05, 0) is 32.8 Å². The molecule has 1 heterocycles. The van der Waals surface area contributed by atoms with Gasteiger partial charge in [-0.3, -0.25) is 0 Å². The van der Waals surface area contributed by atoms with Crippen molar-refractivity contribution in [3.05, 3.63) is 35.9 Å². The van der Waals surface area contributed by atoms with Gasteiger partial charge < -0.3 is 14.4 Å². The lowest BCUT2D eigenvalue weighted by molar-refractivity contribution is -0.0683. The van der Waals surface area contributed by atoms with Gasteiger partial charge in [-0.2, -0.15) is 5.26 Å². The van der Waals surface area contributed by atoms with Gasteiger partial charge in [0.05, 0.1) is 18.1 Å². The lowest BCUT2D eigenvalue weighted by atomic mass is 9.77. The first-order chi connectivity index (χ1) is 11.7. The summed E-state index contributed by atoms with van der Waals surface area (Å²) in [5.41, 5.74) is -0.380. The number of alkyl halides is 1. The van der Waals surface area contributed by atoms with E-state index >= 15 is 0 Å². The van der Waals surface area contributed by atoms with Crippen LogP contribution < -0.4 is 0 Å². The Labute approximate surface area is 148 Å². The first-order valence-electron chi connectivity index (χ1n) is 8.42. The molecule has 0 bridgehead atoms. The van der Waals surface area contributed by atoms with Gasteiger partial charge in [0.2, 0.25) is 0 Å². The Morgan fingerprint density at radius 1 is 1.36 bits per heavy atom. The van der Waals surface area contributed by atoms with Crippen molar-refractivity contribution in [2.45, 2.75) is 52.2 Å². The lowest BCUT2D eigenvalue weighted by Gasteiger charge is -2.45.